The van der Waals surface area contributed by atoms with Gasteiger partial charge >= 0.3 is 5.97 Å². The van der Waals surface area contributed by atoms with Crippen LogP contribution < -0.4 is 4.31 Å². The zero-order chi connectivity index (χ0) is 18.4. The molecule has 2 atom stereocenters. The molecule has 0 bridgehead atoms. The molecule has 2 aromatic carbocycles. The van der Waals surface area contributed by atoms with Gasteiger partial charge in [-0.25, -0.2) is 12.8 Å². The van der Waals surface area contributed by atoms with Crippen molar-refractivity contribution < 1.29 is 22.7 Å². The lowest BCUT2D eigenvalue weighted by Gasteiger charge is -2.27. The fourth-order valence-electron chi connectivity index (χ4n) is 3.43. The number of hydrogen-bond donors (Lipinski definition) is 1. The first-order valence-corrected chi connectivity index (χ1v) is 9.29. The van der Waals surface area contributed by atoms with Gasteiger partial charge in [0.2, 0.25) is 0 Å². The van der Waals surface area contributed by atoms with Crippen LogP contribution in [0.2, 0.25) is 0 Å². The predicted octanol–water partition coefficient (Wildman–Crippen LogP) is 3.29. The molecule has 2 aromatic rings. The lowest BCUT2D eigenvalue weighted by atomic mass is 9.93. The van der Waals surface area contributed by atoms with Crippen molar-refractivity contribution in [2.24, 2.45) is 0 Å². The van der Waals surface area contributed by atoms with Crippen LogP contribution in [-0.4, -0.2) is 25.5 Å². The molecule has 3 rings (SSSR count). The van der Waals surface area contributed by atoms with Crippen molar-refractivity contribution in [1.29, 1.82) is 0 Å². The quantitative estimate of drug-likeness (QED) is 0.904. The third-order valence-corrected chi connectivity index (χ3v) is 6.66. The Morgan fingerprint density at radius 1 is 1.24 bits per heavy atom. The van der Waals surface area contributed by atoms with E-state index in [0.29, 0.717) is 16.8 Å². The lowest BCUT2D eigenvalue weighted by molar-refractivity contribution is -0.137. The van der Waals surface area contributed by atoms with E-state index in [1.807, 2.05) is 0 Å². The fraction of sp³-hybridized carbons (Fsp3) is 0.278. The molecule has 7 heteroatoms. The van der Waals surface area contributed by atoms with Crippen LogP contribution in [0.4, 0.5) is 10.1 Å². The summed E-state index contributed by atoms with van der Waals surface area (Å²) in [5, 5.41) is 9.18. The van der Waals surface area contributed by atoms with Gasteiger partial charge in [0.1, 0.15) is 5.82 Å². The number of nitrogens with zero attached hydrogens (tertiary/aromatic N) is 1. The van der Waals surface area contributed by atoms with Gasteiger partial charge in [-0.3, -0.25) is 9.10 Å². The third-order valence-electron chi connectivity index (χ3n) is 4.60. The minimum Gasteiger partial charge on any atom is -0.481 e. The van der Waals surface area contributed by atoms with Gasteiger partial charge in [-0.2, -0.15) is 0 Å². The van der Waals surface area contributed by atoms with Crippen molar-refractivity contribution in [3.05, 3.63) is 59.4 Å². The average Bonchev–Trinajstić information content (AvgIpc) is 2.79. The maximum absolute atomic E-state index is 13.7. The second kappa shape index (κ2) is 6.15. The van der Waals surface area contributed by atoms with Gasteiger partial charge in [0, 0.05) is 5.92 Å². The predicted molar refractivity (Wildman–Crippen MR) is 91.7 cm³/mol. The molecule has 25 heavy (non-hydrogen) atoms. The van der Waals surface area contributed by atoms with Crippen molar-refractivity contribution in [3.8, 4) is 0 Å². The van der Waals surface area contributed by atoms with Crippen LogP contribution >= 0.6 is 0 Å². The van der Waals surface area contributed by atoms with Crippen molar-refractivity contribution in [2.75, 3.05) is 4.31 Å². The minimum atomic E-state index is -3.90. The van der Waals surface area contributed by atoms with E-state index >= 15 is 0 Å². The van der Waals surface area contributed by atoms with Crippen molar-refractivity contribution in [2.45, 2.75) is 37.1 Å². The molecule has 1 aliphatic rings. The highest BCUT2D eigenvalue weighted by molar-refractivity contribution is 7.93. The molecule has 0 saturated carbocycles. The molecule has 5 nitrogen and oxygen atoms in total. The second-order valence-corrected chi connectivity index (χ2v) is 8.00. The number of carboxylic acids is 1. The first kappa shape index (κ1) is 17.4. The highest BCUT2D eigenvalue weighted by Gasteiger charge is 2.43. The summed E-state index contributed by atoms with van der Waals surface area (Å²) < 4.78 is 41.4. The number of anilines is 1. The van der Waals surface area contributed by atoms with Gasteiger partial charge < -0.3 is 5.11 Å². The highest BCUT2D eigenvalue weighted by Crippen LogP contribution is 2.46. The second-order valence-electron chi connectivity index (χ2n) is 6.21. The first-order valence-electron chi connectivity index (χ1n) is 7.85. The summed E-state index contributed by atoms with van der Waals surface area (Å²) in [5.74, 6) is -2.18. The Labute approximate surface area is 145 Å². The third kappa shape index (κ3) is 2.89. The largest absolute Gasteiger partial charge is 0.481 e. The number of halogens is 1. The lowest BCUT2D eigenvalue weighted by Crippen LogP contribution is -2.38. The fourth-order valence-corrected chi connectivity index (χ4v) is 5.38. The summed E-state index contributed by atoms with van der Waals surface area (Å²) in [6, 6.07) is 9.80. The molecule has 0 fully saturated rings. The van der Waals surface area contributed by atoms with Crippen LogP contribution in [-0.2, 0) is 14.8 Å². The molecule has 0 saturated heterocycles. The van der Waals surface area contributed by atoms with Crippen molar-refractivity contribution in [1.82, 2.24) is 0 Å². The van der Waals surface area contributed by atoms with Crippen molar-refractivity contribution in [3.63, 3.8) is 0 Å². The SMILES string of the molecule is Cc1ccccc1S(=O)(=O)N1c2ccc(F)cc2C(CC(=O)O)C1C. The normalized spacial score (nSPS) is 19.7. The Morgan fingerprint density at radius 2 is 1.92 bits per heavy atom. The zero-order valence-corrected chi connectivity index (χ0v) is 14.6. The standard InChI is InChI=1S/C18H18FNO4S/c1-11-5-3-4-6-17(11)25(23,24)20-12(2)14(10-18(21)22)15-9-13(19)7-8-16(15)20/h3-9,12,14H,10H2,1-2H3,(H,21,22). The monoisotopic (exact) mass is 363 g/mol. The molecule has 2 unspecified atom stereocenters. The number of carbonyl (C=O) groups is 1. The van der Waals surface area contributed by atoms with Crippen molar-refractivity contribution >= 4 is 21.7 Å². The number of fused-ring (bicyclic) bond motifs is 1. The number of aryl methyl sites for hydroxylation is 1. The number of hydrogen-bond acceptors (Lipinski definition) is 3. The van der Waals surface area contributed by atoms with Gasteiger partial charge in [0.25, 0.3) is 10.0 Å². The number of carboxylic acid groups (broad SMARTS) is 1. The Balaban J connectivity index is 2.17. The summed E-state index contributed by atoms with van der Waals surface area (Å²) in [5.41, 5.74) is 1.34. The molecule has 1 heterocycles. The molecule has 132 valence electrons. The average molecular weight is 363 g/mol. The number of sulfonamides is 1. The smallest absolute Gasteiger partial charge is 0.304 e. The molecular formula is C18H18FNO4S. The van der Waals surface area contributed by atoms with Crippen LogP contribution in [0.15, 0.2) is 47.4 Å². The molecule has 0 amide bonds. The van der Waals surface area contributed by atoms with Gasteiger partial charge in [0.05, 0.1) is 23.0 Å². The topological polar surface area (TPSA) is 74.7 Å². The Hall–Kier alpha value is -2.41. The van der Waals surface area contributed by atoms with Gasteiger partial charge in [-0.05, 0) is 49.2 Å². The number of benzene rings is 2. The van der Waals surface area contributed by atoms with Gasteiger partial charge in [-0.1, -0.05) is 18.2 Å². The maximum Gasteiger partial charge on any atom is 0.304 e. The summed E-state index contributed by atoms with van der Waals surface area (Å²) in [4.78, 5) is 11.4. The van der Waals surface area contributed by atoms with Crippen LogP contribution in [0, 0.1) is 12.7 Å². The molecule has 1 N–H and O–H groups in total. The van der Waals surface area contributed by atoms with E-state index in [0.717, 1.165) is 0 Å². The summed E-state index contributed by atoms with van der Waals surface area (Å²) in [6.07, 6.45) is -0.266. The van der Waals surface area contributed by atoms with E-state index in [9.17, 15) is 22.7 Å². The van der Waals surface area contributed by atoms with Gasteiger partial charge in [-0.15, -0.1) is 0 Å². The van der Waals surface area contributed by atoms with E-state index in [1.54, 1.807) is 32.0 Å². The molecular weight excluding hydrogens is 345 g/mol. The van der Waals surface area contributed by atoms with E-state index in [1.165, 1.54) is 28.6 Å². The van der Waals surface area contributed by atoms with E-state index in [2.05, 4.69) is 0 Å². The van der Waals surface area contributed by atoms with E-state index in [-0.39, 0.29) is 11.3 Å². The van der Waals surface area contributed by atoms with Crippen LogP contribution in [0.1, 0.15) is 30.4 Å². The number of aliphatic carboxylic acids is 1. The summed E-state index contributed by atoms with van der Waals surface area (Å²) in [7, 11) is -3.90. The summed E-state index contributed by atoms with van der Waals surface area (Å²) in [6.45, 7) is 3.36. The Morgan fingerprint density at radius 3 is 2.56 bits per heavy atom. The Bertz CT molecular complexity index is 942. The summed E-state index contributed by atoms with van der Waals surface area (Å²) >= 11 is 0. The Kier molecular flexibility index (Phi) is 4.28. The zero-order valence-electron chi connectivity index (χ0n) is 13.8. The van der Waals surface area contributed by atoms with Crippen LogP contribution in [0.3, 0.4) is 0 Å². The highest BCUT2D eigenvalue weighted by atomic mass is 32.2. The van der Waals surface area contributed by atoms with E-state index < -0.39 is 33.8 Å². The maximum atomic E-state index is 13.7. The molecule has 1 aliphatic heterocycles. The van der Waals surface area contributed by atoms with E-state index in [4.69, 9.17) is 0 Å². The van der Waals surface area contributed by atoms with Gasteiger partial charge in [0.15, 0.2) is 0 Å². The molecule has 0 aliphatic carbocycles. The molecule has 0 spiro atoms. The van der Waals surface area contributed by atoms with Crippen LogP contribution in [0.5, 0.6) is 0 Å². The number of rotatable bonds is 4. The first-order chi connectivity index (χ1) is 11.7. The van der Waals surface area contributed by atoms with Crippen LogP contribution in [0.25, 0.3) is 0 Å². The molecule has 0 radical (unpaired) electrons. The molecule has 0 aromatic heterocycles. The minimum absolute atomic E-state index is 0.160.